The minimum atomic E-state index is -0.337. The van der Waals surface area contributed by atoms with Gasteiger partial charge in [0.25, 0.3) is 5.91 Å². The molecule has 28 heavy (non-hydrogen) atoms. The number of aromatic nitrogens is 2. The van der Waals surface area contributed by atoms with E-state index in [4.69, 9.17) is 5.73 Å². The van der Waals surface area contributed by atoms with Gasteiger partial charge in [0.2, 0.25) is 0 Å². The van der Waals surface area contributed by atoms with Crippen molar-refractivity contribution in [1.82, 2.24) is 9.61 Å². The number of hydrogen-bond donors (Lipinski definition) is 1. The number of anilines is 1. The van der Waals surface area contributed by atoms with Crippen molar-refractivity contribution in [3.05, 3.63) is 90.0 Å². The van der Waals surface area contributed by atoms with Gasteiger partial charge in [0.05, 0.1) is 11.7 Å². The number of hydrogen-bond acceptors (Lipinski definition) is 3. The standard InChI is InChI=1S/C22H19FN4O/c1-26(19-8-6-18(23)7-9-19)22(28)17-10-11-27-21(12-17)20(14-25-27)16-4-2-15(13-24)3-5-16/h2-12,14H,13,24H2,1H3. The van der Waals surface area contributed by atoms with Crippen LogP contribution >= 0.6 is 0 Å². The van der Waals surface area contributed by atoms with E-state index in [0.717, 1.165) is 22.2 Å². The normalized spacial score (nSPS) is 11.0. The fourth-order valence-electron chi connectivity index (χ4n) is 3.13. The molecule has 0 bridgehead atoms. The number of carbonyl (C=O) groups excluding carboxylic acids is 1. The monoisotopic (exact) mass is 374 g/mol. The van der Waals surface area contributed by atoms with Crippen molar-refractivity contribution in [1.29, 1.82) is 0 Å². The number of nitrogens with two attached hydrogens (primary N) is 1. The molecule has 4 aromatic rings. The molecule has 0 atom stereocenters. The topological polar surface area (TPSA) is 63.6 Å². The Bertz CT molecular complexity index is 1130. The highest BCUT2D eigenvalue weighted by Crippen LogP contribution is 2.26. The van der Waals surface area contributed by atoms with Gasteiger partial charge in [-0.25, -0.2) is 8.91 Å². The minimum absolute atomic E-state index is 0.181. The number of fused-ring (bicyclic) bond motifs is 1. The van der Waals surface area contributed by atoms with Gasteiger partial charge in [0, 0.05) is 36.6 Å². The molecule has 0 aliphatic heterocycles. The van der Waals surface area contributed by atoms with Gasteiger partial charge < -0.3 is 10.6 Å². The summed E-state index contributed by atoms with van der Waals surface area (Å²) >= 11 is 0. The lowest BCUT2D eigenvalue weighted by molar-refractivity contribution is 0.0993. The molecule has 5 nitrogen and oxygen atoms in total. The first kappa shape index (κ1) is 17.9. The van der Waals surface area contributed by atoms with Gasteiger partial charge in [0.1, 0.15) is 5.82 Å². The first-order valence-corrected chi connectivity index (χ1v) is 8.87. The number of pyridine rings is 1. The zero-order valence-electron chi connectivity index (χ0n) is 15.3. The molecule has 0 saturated carbocycles. The third-order valence-corrected chi connectivity index (χ3v) is 4.79. The number of nitrogens with zero attached hydrogens (tertiary/aromatic N) is 3. The van der Waals surface area contributed by atoms with Gasteiger partial charge in [0.15, 0.2) is 0 Å². The Hall–Kier alpha value is -3.51. The van der Waals surface area contributed by atoms with Crippen LogP contribution in [0.4, 0.5) is 10.1 Å². The minimum Gasteiger partial charge on any atom is -0.326 e. The number of rotatable bonds is 4. The van der Waals surface area contributed by atoms with E-state index in [0.29, 0.717) is 17.8 Å². The quantitative estimate of drug-likeness (QED) is 0.590. The highest BCUT2D eigenvalue weighted by Gasteiger charge is 2.16. The van der Waals surface area contributed by atoms with Crippen LogP contribution in [0.3, 0.4) is 0 Å². The van der Waals surface area contributed by atoms with Crippen LogP contribution in [0.15, 0.2) is 73.1 Å². The van der Waals surface area contributed by atoms with Gasteiger partial charge >= 0.3 is 0 Å². The van der Waals surface area contributed by atoms with Crippen LogP contribution in [0, 0.1) is 5.82 Å². The van der Waals surface area contributed by atoms with Gasteiger partial charge in [-0.15, -0.1) is 0 Å². The molecule has 6 heteroatoms. The summed E-state index contributed by atoms with van der Waals surface area (Å²) in [5, 5.41) is 4.38. The van der Waals surface area contributed by atoms with Crippen LogP contribution in [-0.4, -0.2) is 22.6 Å². The number of carbonyl (C=O) groups is 1. The Morgan fingerprint density at radius 2 is 1.82 bits per heavy atom. The molecule has 0 saturated heterocycles. The molecule has 2 aromatic heterocycles. The van der Waals surface area contributed by atoms with Gasteiger partial charge in [-0.05, 0) is 47.5 Å². The average molecular weight is 374 g/mol. The highest BCUT2D eigenvalue weighted by molar-refractivity contribution is 6.06. The second-order valence-electron chi connectivity index (χ2n) is 6.55. The molecule has 0 aliphatic rings. The van der Waals surface area contributed by atoms with E-state index in [1.165, 1.54) is 17.0 Å². The lowest BCUT2D eigenvalue weighted by Crippen LogP contribution is -2.26. The van der Waals surface area contributed by atoms with Crippen LogP contribution in [-0.2, 0) is 6.54 Å². The molecule has 0 radical (unpaired) electrons. The summed E-state index contributed by atoms with van der Waals surface area (Å²) in [5.41, 5.74) is 10.6. The molecule has 1 amide bonds. The van der Waals surface area contributed by atoms with Gasteiger partial charge in [-0.3, -0.25) is 4.79 Å². The highest BCUT2D eigenvalue weighted by atomic mass is 19.1. The third-order valence-electron chi connectivity index (χ3n) is 4.79. The second kappa shape index (κ2) is 7.25. The summed E-state index contributed by atoms with van der Waals surface area (Å²) in [7, 11) is 1.67. The van der Waals surface area contributed by atoms with E-state index in [-0.39, 0.29) is 11.7 Å². The summed E-state index contributed by atoms with van der Waals surface area (Å²) in [4.78, 5) is 14.4. The lowest BCUT2D eigenvalue weighted by Gasteiger charge is -2.17. The fourth-order valence-corrected chi connectivity index (χ4v) is 3.13. The summed E-state index contributed by atoms with van der Waals surface area (Å²) in [6.45, 7) is 0.489. The lowest BCUT2D eigenvalue weighted by atomic mass is 10.0. The van der Waals surface area contributed by atoms with E-state index in [1.807, 2.05) is 30.3 Å². The van der Waals surface area contributed by atoms with Crippen molar-refractivity contribution in [2.45, 2.75) is 6.54 Å². The molecular formula is C22H19FN4O. The predicted octanol–water partition coefficient (Wildman–Crippen LogP) is 3.88. The van der Waals surface area contributed by atoms with Crippen molar-refractivity contribution in [2.75, 3.05) is 11.9 Å². The Morgan fingerprint density at radius 3 is 2.50 bits per heavy atom. The molecule has 2 heterocycles. The summed E-state index contributed by atoms with van der Waals surface area (Å²) in [6, 6.07) is 17.3. The molecule has 0 fully saturated rings. The molecular weight excluding hydrogens is 355 g/mol. The Balaban J connectivity index is 1.70. The first-order valence-electron chi connectivity index (χ1n) is 8.87. The van der Waals surface area contributed by atoms with E-state index in [2.05, 4.69) is 5.10 Å². The third kappa shape index (κ3) is 3.25. The second-order valence-corrected chi connectivity index (χ2v) is 6.55. The van der Waals surface area contributed by atoms with Crippen molar-refractivity contribution >= 4 is 17.1 Å². The van der Waals surface area contributed by atoms with E-state index < -0.39 is 0 Å². The zero-order valence-corrected chi connectivity index (χ0v) is 15.3. The van der Waals surface area contributed by atoms with Crippen molar-refractivity contribution < 1.29 is 9.18 Å². The van der Waals surface area contributed by atoms with Crippen LogP contribution in [0.5, 0.6) is 0 Å². The molecule has 2 N–H and O–H groups in total. The van der Waals surface area contributed by atoms with Crippen LogP contribution in [0.25, 0.3) is 16.6 Å². The maximum atomic E-state index is 13.1. The van der Waals surface area contributed by atoms with Crippen molar-refractivity contribution in [2.24, 2.45) is 5.73 Å². The maximum absolute atomic E-state index is 13.1. The molecule has 0 spiro atoms. The Morgan fingerprint density at radius 1 is 1.11 bits per heavy atom. The SMILES string of the molecule is CN(C(=O)c1ccn2ncc(-c3ccc(CN)cc3)c2c1)c1ccc(F)cc1. The average Bonchev–Trinajstić information content (AvgIpc) is 3.16. The van der Waals surface area contributed by atoms with Crippen LogP contribution in [0.2, 0.25) is 0 Å². The number of halogens is 1. The molecule has 2 aromatic carbocycles. The fraction of sp³-hybridized carbons (Fsp3) is 0.0909. The van der Waals surface area contributed by atoms with Gasteiger partial charge in [-0.2, -0.15) is 5.10 Å². The van der Waals surface area contributed by atoms with Crippen LogP contribution < -0.4 is 10.6 Å². The molecule has 4 rings (SSSR count). The molecule has 0 unspecified atom stereocenters. The smallest absolute Gasteiger partial charge is 0.258 e. The van der Waals surface area contributed by atoms with E-state index in [1.54, 1.807) is 42.2 Å². The van der Waals surface area contributed by atoms with Crippen molar-refractivity contribution in [3.63, 3.8) is 0 Å². The zero-order chi connectivity index (χ0) is 19.7. The van der Waals surface area contributed by atoms with Gasteiger partial charge in [-0.1, -0.05) is 24.3 Å². The van der Waals surface area contributed by atoms with Crippen molar-refractivity contribution in [3.8, 4) is 11.1 Å². The number of benzene rings is 2. The van der Waals surface area contributed by atoms with Crippen LogP contribution in [0.1, 0.15) is 15.9 Å². The number of amides is 1. The molecule has 140 valence electrons. The summed E-state index contributed by atoms with van der Waals surface area (Å²) in [6.07, 6.45) is 3.55. The van der Waals surface area contributed by atoms with E-state index >= 15 is 0 Å². The summed E-state index contributed by atoms with van der Waals surface area (Å²) in [5.74, 6) is -0.518. The summed E-state index contributed by atoms with van der Waals surface area (Å²) < 4.78 is 14.9. The first-order chi connectivity index (χ1) is 13.6. The van der Waals surface area contributed by atoms with E-state index in [9.17, 15) is 9.18 Å². The predicted molar refractivity (Wildman–Crippen MR) is 108 cm³/mol. The molecule has 0 aliphatic carbocycles. The Kier molecular flexibility index (Phi) is 4.63. The Labute approximate surface area is 161 Å². The largest absolute Gasteiger partial charge is 0.326 e. The maximum Gasteiger partial charge on any atom is 0.258 e.